The van der Waals surface area contributed by atoms with Crippen LogP contribution in [-0.2, 0) is 5.41 Å². The molecule has 0 saturated heterocycles. The molecule has 224 valence electrons. The predicted molar refractivity (Wildman–Crippen MR) is 198 cm³/mol. The Bertz CT molecular complexity index is 2360. The molecule has 0 N–H and O–H groups in total. The Hall–Kier alpha value is -5.86. The third-order valence-electron chi connectivity index (χ3n) is 9.99. The first-order valence-corrected chi connectivity index (χ1v) is 16.4. The van der Waals surface area contributed by atoms with Crippen molar-refractivity contribution in [2.75, 3.05) is 4.90 Å². The van der Waals surface area contributed by atoms with Gasteiger partial charge in [-0.15, -0.1) is 0 Å². The largest absolute Gasteiger partial charge is 0.310 e. The van der Waals surface area contributed by atoms with Gasteiger partial charge in [-0.3, -0.25) is 0 Å². The van der Waals surface area contributed by atoms with E-state index >= 15 is 0 Å². The van der Waals surface area contributed by atoms with Crippen LogP contribution in [0.3, 0.4) is 0 Å². The molecule has 47 heavy (non-hydrogen) atoms. The van der Waals surface area contributed by atoms with Gasteiger partial charge in [0.2, 0.25) is 0 Å². The predicted octanol–water partition coefficient (Wildman–Crippen LogP) is 12.2. The molecule has 2 heteroatoms. The average Bonchev–Trinajstić information content (AvgIpc) is 3.58. The molecule has 1 aromatic heterocycles. The van der Waals surface area contributed by atoms with Gasteiger partial charge in [0.05, 0.1) is 11.0 Å². The van der Waals surface area contributed by atoms with Crippen molar-refractivity contribution in [2.24, 2.45) is 0 Å². The minimum absolute atomic E-state index is 0.172. The van der Waals surface area contributed by atoms with Crippen molar-refractivity contribution in [1.82, 2.24) is 4.57 Å². The highest BCUT2D eigenvalue weighted by Gasteiger charge is 2.36. The van der Waals surface area contributed by atoms with Crippen molar-refractivity contribution in [3.05, 3.63) is 181 Å². The van der Waals surface area contributed by atoms with Crippen LogP contribution in [0.25, 0.3) is 49.7 Å². The van der Waals surface area contributed by atoms with Crippen molar-refractivity contribution in [3.63, 3.8) is 0 Å². The molecule has 1 aliphatic carbocycles. The van der Waals surface area contributed by atoms with E-state index in [0.717, 1.165) is 17.1 Å². The lowest BCUT2D eigenvalue weighted by molar-refractivity contribution is 0.660. The second-order valence-corrected chi connectivity index (χ2v) is 13.0. The lowest BCUT2D eigenvalue weighted by Crippen LogP contribution is -2.17. The average molecular weight is 603 g/mol. The smallest absolute Gasteiger partial charge is 0.0541 e. The van der Waals surface area contributed by atoms with E-state index in [9.17, 15) is 0 Å². The number of fused-ring (bicyclic) bond motifs is 6. The van der Waals surface area contributed by atoms with E-state index in [-0.39, 0.29) is 5.41 Å². The fraction of sp³-hybridized carbons (Fsp3) is 0.0667. The van der Waals surface area contributed by atoms with E-state index in [1.807, 2.05) is 0 Å². The first-order chi connectivity index (χ1) is 23.1. The van der Waals surface area contributed by atoms with Crippen LogP contribution in [0.2, 0.25) is 0 Å². The third-order valence-corrected chi connectivity index (χ3v) is 9.99. The molecule has 2 nitrogen and oxygen atoms in total. The molecule has 8 aromatic rings. The Morgan fingerprint density at radius 2 is 0.915 bits per heavy atom. The van der Waals surface area contributed by atoms with Gasteiger partial charge in [0.1, 0.15) is 0 Å². The van der Waals surface area contributed by atoms with Gasteiger partial charge in [-0.1, -0.05) is 123 Å². The molecule has 0 spiro atoms. The fourth-order valence-electron chi connectivity index (χ4n) is 7.65. The molecule has 0 bridgehead atoms. The summed E-state index contributed by atoms with van der Waals surface area (Å²) in [4.78, 5) is 2.37. The molecule has 0 saturated carbocycles. The maximum Gasteiger partial charge on any atom is 0.0541 e. The fourth-order valence-corrected chi connectivity index (χ4v) is 7.65. The molecule has 0 aliphatic heterocycles. The second kappa shape index (κ2) is 10.6. The number of para-hydroxylation sites is 3. The molecule has 0 fully saturated rings. The number of benzene rings is 7. The van der Waals surface area contributed by atoms with Crippen molar-refractivity contribution in [3.8, 4) is 27.9 Å². The zero-order chi connectivity index (χ0) is 31.5. The van der Waals surface area contributed by atoms with E-state index in [2.05, 4.69) is 193 Å². The van der Waals surface area contributed by atoms with Gasteiger partial charge in [0, 0.05) is 38.9 Å². The first-order valence-electron chi connectivity index (χ1n) is 16.4. The zero-order valence-electron chi connectivity index (χ0n) is 26.6. The van der Waals surface area contributed by atoms with Crippen LogP contribution in [0.5, 0.6) is 0 Å². The van der Waals surface area contributed by atoms with Gasteiger partial charge < -0.3 is 9.47 Å². The van der Waals surface area contributed by atoms with Gasteiger partial charge in [-0.2, -0.15) is 0 Å². The lowest BCUT2D eigenvalue weighted by Gasteiger charge is -2.28. The monoisotopic (exact) mass is 602 g/mol. The minimum atomic E-state index is -0.172. The van der Waals surface area contributed by atoms with Gasteiger partial charge in [0.25, 0.3) is 0 Å². The summed E-state index contributed by atoms with van der Waals surface area (Å²) in [7, 11) is 0. The molecule has 7 aromatic carbocycles. The standard InChI is InChI=1S/C45H34N2/c1-45(2)41-29-35(46(33-15-7-4-8-16-33)34-23-21-32(22-24-34)31-13-5-3-6-14-31)25-27-37(41)38-28-26-36(30-42(38)45)47-43-19-11-9-17-39(43)40-18-10-12-20-44(40)47/h3-30H,1-2H3. The van der Waals surface area contributed by atoms with Crippen LogP contribution in [0.4, 0.5) is 17.1 Å². The normalized spacial score (nSPS) is 13.1. The van der Waals surface area contributed by atoms with E-state index < -0.39 is 0 Å². The second-order valence-electron chi connectivity index (χ2n) is 13.0. The number of rotatable bonds is 5. The Morgan fingerprint density at radius 3 is 1.57 bits per heavy atom. The summed E-state index contributed by atoms with van der Waals surface area (Å²) in [5, 5.41) is 2.57. The van der Waals surface area contributed by atoms with Gasteiger partial charge in [-0.25, -0.2) is 0 Å². The van der Waals surface area contributed by atoms with Crippen molar-refractivity contribution in [2.45, 2.75) is 19.3 Å². The number of hydrogen-bond donors (Lipinski definition) is 0. The number of nitrogens with zero attached hydrogens (tertiary/aromatic N) is 2. The summed E-state index contributed by atoms with van der Waals surface area (Å²) >= 11 is 0. The molecule has 0 radical (unpaired) electrons. The quantitative estimate of drug-likeness (QED) is 0.190. The summed E-state index contributed by atoms with van der Waals surface area (Å²) in [6, 6.07) is 61.7. The van der Waals surface area contributed by atoms with E-state index in [1.54, 1.807) is 0 Å². The maximum atomic E-state index is 2.42. The lowest BCUT2D eigenvalue weighted by atomic mass is 9.82. The highest BCUT2D eigenvalue weighted by Crippen LogP contribution is 2.51. The highest BCUT2D eigenvalue weighted by molar-refractivity contribution is 6.09. The molecular formula is C45H34N2. The van der Waals surface area contributed by atoms with Crippen LogP contribution in [0.15, 0.2) is 170 Å². The van der Waals surface area contributed by atoms with Crippen LogP contribution < -0.4 is 4.90 Å². The summed E-state index contributed by atoms with van der Waals surface area (Å²) in [6.07, 6.45) is 0. The SMILES string of the molecule is CC1(C)c2cc(N(c3ccccc3)c3ccc(-c4ccccc4)cc3)ccc2-c2ccc(-n3c4ccccc4c4ccccc43)cc21. The van der Waals surface area contributed by atoms with Crippen LogP contribution in [-0.4, -0.2) is 4.57 Å². The number of hydrogen-bond acceptors (Lipinski definition) is 1. The summed E-state index contributed by atoms with van der Waals surface area (Å²) in [5.74, 6) is 0. The Kier molecular flexibility index (Phi) is 6.20. The molecule has 1 aliphatic rings. The topological polar surface area (TPSA) is 8.17 Å². The molecule has 0 amide bonds. The van der Waals surface area contributed by atoms with Crippen molar-refractivity contribution < 1.29 is 0 Å². The summed E-state index contributed by atoms with van der Waals surface area (Å²) in [6.45, 7) is 4.75. The maximum absolute atomic E-state index is 2.42. The van der Waals surface area contributed by atoms with E-state index in [4.69, 9.17) is 0 Å². The highest BCUT2D eigenvalue weighted by atomic mass is 15.1. The molecule has 0 unspecified atom stereocenters. The van der Waals surface area contributed by atoms with Crippen LogP contribution in [0.1, 0.15) is 25.0 Å². The van der Waals surface area contributed by atoms with Gasteiger partial charge in [0.15, 0.2) is 0 Å². The van der Waals surface area contributed by atoms with Gasteiger partial charge >= 0.3 is 0 Å². The number of aromatic nitrogens is 1. The third kappa shape index (κ3) is 4.33. The number of anilines is 3. The van der Waals surface area contributed by atoms with Gasteiger partial charge in [-0.05, 0) is 94.0 Å². The minimum Gasteiger partial charge on any atom is -0.310 e. The Labute approximate surface area is 275 Å². The van der Waals surface area contributed by atoms with Crippen LogP contribution >= 0.6 is 0 Å². The Balaban J connectivity index is 1.15. The van der Waals surface area contributed by atoms with E-state index in [1.165, 1.54) is 60.9 Å². The first kappa shape index (κ1) is 27.5. The molecule has 9 rings (SSSR count). The summed E-state index contributed by atoms with van der Waals surface area (Å²) in [5.41, 5.74) is 14.7. The summed E-state index contributed by atoms with van der Waals surface area (Å²) < 4.78 is 2.42. The molecule has 0 atom stereocenters. The van der Waals surface area contributed by atoms with Crippen molar-refractivity contribution >= 4 is 38.9 Å². The van der Waals surface area contributed by atoms with E-state index in [0.29, 0.717) is 0 Å². The van der Waals surface area contributed by atoms with Crippen molar-refractivity contribution in [1.29, 1.82) is 0 Å². The zero-order valence-corrected chi connectivity index (χ0v) is 26.6. The molecular weight excluding hydrogens is 569 g/mol. The van der Waals surface area contributed by atoms with Crippen LogP contribution in [0, 0.1) is 0 Å². The Morgan fingerprint density at radius 1 is 0.426 bits per heavy atom. The molecule has 1 heterocycles.